The summed E-state index contributed by atoms with van der Waals surface area (Å²) < 4.78 is 0. The van der Waals surface area contributed by atoms with Crippen LogP contribution in [0.25, 0.3) is 0 Å². The number of phenolic OH excluding ortho intramolecular Hbond substituents is 1. The lowest BCUT2D eigenvalue weighted by atomic mass is 10.1. The lowest BCUT2D eigenvalue weighted by Crippen LogP contribution is -2.32. The van der Waals surface area contributed by atoms with E-state index in [-0.39, 0.29) is 12.2 Å². The normalized spacial score (nSPS) is 12.4. The summed E-state index contributed by atoms with van der Waals surface area (Å²) >= 11 is 0. The number of carboxylic acid groups (broad SMARTS) is 2. The van der Waals surface area contributed by atoms with Crippen LogP contribution >= 0.6 is 0 Å². The molecule has 9 N–H and O–H groups in total. The van der Waals surface area contributed by atoms with E-state index < -0.39 is 24.0 Å². The molecule has 26 heavy (non-hydrogen) atoms. The molecule has 0 saturated heterocycles. The maximum atomic E-state index is 10.4. The van der Waals surface area contributed by atoms with Crippen molar-refractivity contribution in [2.75, 3.05) is 5.73 Å². The number of rotatable bonds is 6. The Bertz CT molecular complexity index is 653. The first-order valence-corrected chi connectivity index (χ1v) is 7.78. The first-order chi connectivity index (χ1) is 12.2. The van der Waals surface area contributed by atoms with Crippen molar-refractivity contribution in [1.82, 2.24) is 0 Å². The minimum absolute atomic E-state index is 0.160. The van der Waals surface area contributed by atoms with Crippen molar-refractivity contribution in [2.24, 2.45) is 11.5 Å². The van der Waals surface area contributed by atoms with Crippen LogP contribution in [0.2, 0.25) is 0 Å². The van der Waals surface area contributed by atoms with Gasteiger partial charge in [-0.15, -0.1) is 0 Å². The summed E-state index contributed by atoms with van der Waals surface area (Å²) in [5.41, 5.74) is 18.5. The molecule has 8 heteroatoms. The van der Waals surface area contributed by atoms with E-state index in [1.807, 2.05) is 0 Å². The van der Waals surface area contributed by atoms with Crippen molar-refractivity contribution >= 4 is 17.6 Å². The minimum atomic E-state index is -1.02. The van der Waals surface area contributed by atoms with Gasteiger partial charge < -0.3 is 32.5 Å². The molecule has 8 nitrogen and oxygen atoms in total. The van der Waals surface area contributed by atoms with Gasteiger partial charge in [-0.3, -0.25) is 9.59 Å². The summed E-state index contributed by atoms with van der Waals surface area (Å²) in [6.07, 6.45) is 0.602. The molecule has 0 spiro atoms. The van der Waals surface area contributed by atoms with Crippen LogP contribution in [0.3, 0.4) is 0 Å². The van der Waals surface area contributed by atoms with Gasteiger partial charge in [-0.05, 0) is 48.2 Å². The zero-order valence-corrected chi connectivity index (χ0v) is 14.1. The number of benzene rings is 2. The third-order valence-corrected chi connectivity index (χ3v) is 3.46. The summed E-state index contributed by atoms with van der Waals surface area (Å²) in [5, 5.41) is 26.0. The molecule has 2 unspecified atom stereocenters. The quantitative estimate of drug-likeness (QED) is 0.405. The molecule has 2 rings (SSSR count). The van der Waals surface area contributed by atoms with Crippen LogP contribution in [0.1, 0.15) is 11.1 Å². The third-order valence-electron chi connectivity index (χ3n) is 3.46. The first-order valence-electron chi connectivity index (χ1n) is 7.78. The Morgan fingerprint density at radius 1 is 0.769 bits per heavy atom. The SMILES string of the molecule is NC(Cc1ccc(O)cc1)C(=O)O.Nc1ccc(CC(N)C(=O)O)cc1. The summed E-state index contributed by atoms with van der Waals surface area (Å²) in [5.74, 6) is -1.85. The van der Waals surface area contributed by atoms with Gasteiger partial charge in [0.2, 0.25) is 0 Å². The summed E-state index contributed by atoms with van der Waals surface area (Å²) in [4.78, 5) is 20.8. The fourth-order valence-corrected chi connectivity index (χ4v) is 1.97. The second-order valence-electron chi connectivity index (χ2n) is 5.71. The predicted molar refractivity (Wildman–Crippen MR) is 97.6 cm³/mol. The molecule has 0 aliphatic rings. The average Bonchev–Trinajstić information content (AvgIpc) is 2.59. The first kappa shape index (κ1) is 20.9. The predicted octanol–water partition coefficient (Wildman–Crippen LogP) is 0.570. The average molecular weight is 361 g/mol. The Morgan fingerprint density at radius 2 is 1.12 bits per heavy atom. The van der Waals surface area contributed by atoms with Crippen LogP contribution in [0.15, 0.2) is 48.5 Å². The maximum absolute atomic E-state index is 10.4. The number of anilines is 1. The maximum Gasteiger partial charge on any atom is 0.320 e. The van der Waals surface area contributed by atoms with Gasteiger partial charge in [0, 0.05) is 5.69 Å². The summed E-state index contributed by atoms with van der Waals surface area (Å²) in [6, 6.07) is 11.6. The van der Waals surface area contributed by atoms with Gasteiger partial charge in [-0.1, -0.05) is 24.3 Å². The number of nitrogens with two attached hydrogens (primary N) is 3. The van der Waals surface area contributed by atoms with Crippen molar-refractivity contribution in [3.05, 3.63) is 59.7 Å². The Balaban J connectivity index is 0.000000260. The molecular formula is C18H23N3O5. The highest BCUT2D eigenvalue weighted by Gasteiger charge is 2.12. The molecule has 140 valence electrons. The van der Waals surface area contributed by atoms with Gasteiger partial charge in [-0.25, -0.2) is 0 Å². The van der Waals surface area contributed by atoms with Crippen LogP contribution in [0.5, 0.6) is 5.75 Å². The highest BCUT2D eigenvalue weighted by atomic mass is 16.4. The minimum Gasteiger partial charge on any atom is -0.508 e. The largest absolute Gasteiger partial charge is 0.508 e. The molecule has 0 fully saturated rings. The van der Waals surface area contributed by atoms with E-state index in [0.29, 0.717) is 12.1 Å². The van der Waals surface area contributed by atoms with Crippen LogP contribution in [0, 0.1) is 0 Å². The zero-order chi connectivity index (χ0) is 19.7. The lowest BCUT2D eigenvalue weighted by Gasteiger charge is -2.05. The standard InChI is InChI=1S/C9H12N2O2.C9H11NO3/c10-7-3-1-6(2-4-7)5-8(11)9(12)13;10-8(9(12)13)5-6-1-3-7(11)4-2-6/h1-4,8H,5,10-11H2,(H,12,13);1-4,8,11H,5,10H2,(H,12,13). The summed E-state index contributed by atoms with van der Waals surface area (Å²) in [6.45, 7) is 0. The molecule has 0 aromatic heterocycles. The van der Waals surface area contributed by atoms with Gasteiger partial charge in [0.1, 0.15) is 17.8 Å². The highest BCUT2D eigenvalue weighted by molar-refractivity contribution is 5.73. The molecule has 0 saturated carbocycles. The Hall–Kier alpha value is -3.10. The second-order valence-corrected chi connectivity index (χ2v) is 5.71. The number of hydrogen-bond acceptors (Lipinski definition) is 6. The van der Waals surface area contributed by atoms with Crippen LogP contribution < -0.4 is 17.2 Å². The molecule has 0 aliphatic carbocycles. The monoisotopic (exact) mass is 361 g/mol. The Kier molecular flexibility index (Phi) is 8.07. The second kappa shape index (κ2) is 10.0. The van der Waals surface area contributed by atoms with Gasteiger partial charge >= 0.3 is 11.9 Å². The van der Waals surface area contributed by atoms with Crippen molar-refractivity contribution in [1.29, 1.82) is 0 Å². The molecular weight excluding hydrogens is 338 g/mol. The number of phenols is 1. The lowest BCUT2D eigenvalue weighted by molar-refractivity contribution is -0.139. The van der Waals surface area contributed by atoms with E-state index in [0.717, 1.165) is 11.1 Å². The molecule has 2 atom stereocenters. The number of nitrogen functional groups attached to an aromatic ring is 1. The number of carbonyl (C=O) groups is 2. The van der Waals surface area contributed by atoms with E-state index in [4.69, 9.17) is 32.5 Å². The molecule has 0 aliphatic heterocycles. The fourth-order valence-electron chi connectivity index (χ4n) is 1.97. The van der Waals surface area contributed by atoms with Crippen LogP contribution in [-0.2, 0) is 22.4 Å². The zero-order valence-electron chi connectivity index (χ0n) is 14.1. The van der Waals surface area contributed by atoms with Gasteiger partial charge in [0.05, 0.1) is 0 Å². The van der Waals surface area contributed by atoms with Crippen molar-refractivity contribution in [2.45, 2.75) is 24.9 Å². The van der Waals surface area contributed by atoms with Crippen molar-refractivity contribution in [3.63, 3.8) is 0 Å². The number of hydrogen-bond donors (Lipinski definition) is 6. The Labute approximate surface area is 150 Å². The van der Waals surface area contributed by atoms with E-state index in [2.05, 4.69) is 0 Å². The van der Waals surface area contributed by atoms with E-state index in [9.17, 15) is 9.59 Å². The fraction of sp³-hybridized carbons (Fsp3) is 0.222. The van der Waals surface area contributed by atoms with Gasteiger partial charge in [0.25, 0.3) is 0 Å². The molecule has 0 amide bonds. The Morgan fingerprint density at radius 3 is 1.46 bits per heavy atom. The van der Waals surface area contributed by atoms with Crippen molar-refractivity contribution < 1.29 is 24.9 Å². The molecule has 2 aromatic rings. The third kappa shape index (κ3) is 7.65. The van der Waals surface area contributed by atoms with Gasteiger partial charge in [-0.2, -0.15) is 0 Å². The van der Waals surface area contributed by atoms with Crippen molar-refractivity contribution in [3.8, 4) is 5.75 Å². The van der Waals surface area contributed by atoms with E-state index in [1.165, 1.54) is 12.1 Å². The summed E-state index contributed by atoms with van der Waals surface area (Å²) in [7, 11) is 0. The van der Waals surface area contributed by atoms with E-state index in [1.54, 1.807) is 36.4 Å². The van der Waals surface area contributed by atoms with E-state index >= 15 is 0 Å². The van der Waals surface area contributed by atoms with Crippen LogP contribution in [0.4, 0.5) is 5.69 Å². The number of carboxylic acids is 2. The molecule has 0 heterocycles. The number of aromatic hydroxyl groups is 1. The molecule has 2 aromatic carbocycles. The molecule has 0 bridgehead atoms. The highest BCUT2D eigenvalue weighted by Crippen LogP contribution is 2.10. The van der Waals surface area contributed by atoms with Crippen LogP contribution in [-0.4, -0.2) is 39.3 Å². The number of aliphatic carboxylic acids is 2. The topological polar surface area (TPSA) is 173 Å². The molecule has 0 radical (unpaired) electrons. The van der Waals surface area contributed by atoms with Gasteiger partial charge in [0.15, 0.2) is 0 Å². The smallest absolute Gasteiger partial charge is 0.320 e.